The SMILES string of the molecule is CC1c2cccc(S(=O)(=O)NCC#N)c2CCN1C(=O)Cc1c(Cl)cccc1Cl. The number of carbonyl (C=O) groups excluding carboxylic acids is 1. The number of halogens is 2. The van der Waals surface area contributed by atoms with Gasteiger partial charge in [-0.05, 0) is 48.2 Å². The van der Waals surface area contributed by atoms with E-state index in [9.17, 15) is 13.2 Å². The Kier molecular flexibility index (Phi) is 6.49. The van der Waals surface area contributed by atoms with E-state index in [0.29, 0.717) is 34.1 Å². The molecule has 6 nitrogen and oxygen atoms in total. The fourth-order valence-corrected chi connectivity index (χ4v) is 5.33. The summed E-state index contributed by atoms with van der Waals surface area (Å²) in [7, 11) is -3.80. The van der Waals surface area contributed by atoms with Gasteiger partial charge in [0.15, 0.2) is 0 Å². The molecule has 1 aliphatic heterocycles. The molecule has 1 atom stereocenters. The van der Waals surface area contributed by atoms with Crippen molar-refractivity contribution in [2.75, 3.05) is 13.1 Å². The zero-order valence-corrected chi connectivity index (χ0v) is 18.0. The molecule has 1 N–H and O–H groups in total. The van der Waals surface area contributed by atoms with Crippen LogP contribution in [0.4, 0.5) is 0 Å². The molecule has 29 heavy (non-hydrogen) atoms. The monoisotopic (exact) mass is 451 g/mol. The van der Waals surface area contributed by atoms with Crippen LogP contribution in [0.15, 0.2) is 41.3 Å². The summed E-state index contributed by atoms with van der Waals surface area (Å²) >= 11 is 12.4. The van der Waals surface area contributed by atoms with E-state index in [4.69, 9.17) is 28.5 Å². The molecular formula is C20H19Cl2N3O3S. The smallest absolute Gasteiger partial charge is 0.241 e. The molecule has 0 aliphatic carbocycles. The number of benzene rings is 2. The summed E-state index contributed by atoms with van der Waals surface area (Å²) in [6, 6.07) is 11.6. The number of amides is 1. The van der Waals surface area contributed by atoms with Crippen LogP contribution in [0.3, 0.4) is 0 Å². The molecule has 0 fully saturated rings. The molecule has 2 aromatic rings. The number of fused-ring (bicyclic) bond motifs is 1. The summed E-state index contributed by atoms with van der Waals surface area (Å²) in [4.78, 5) is 14.8. The second kappa shape index (κ2) is 8.72. The van der Waals surface area contributed by atoms with Gasteiger partial charge < -0.3 is 4.90 Å². The van der Waals surface area contributed by atoms with Crippen molar-refractivity contribution in [2.45, 2.75) is 30.7 Å². The van der Waals surface area contributed by atoms with Gasteiger partial charge in [0.25, 0.3) is 0 Å². The Balaban J connectivity index is 1.88. The number of rotatable bonds is 5. The largest absolute Gasteiger partial charge is 0.335 e. The van der Waals surface area contributed by atoms with E-state index in [-0.39, 0.29) is 29.8 Å². The summed E-state index contributed by atoms with van der Waals surface area (Å²) in [6.07, 6.45) is 0.463. The number of carbonyl (C=O) groups is 1. The third-order valence-corrected chi connectivity index (χ3v) is 7.22. The van der Waals surface area contributed by atoms with E-state index < -0.39 is 10.0 Å². The zero-order valence-electron chi connectivity index (χ0n) is 15.7. The predicted octanol–water partition coefficient (Wildman–Crippen LogP) is 3.48. The van der Waals surface area contributed by atoms with Crippen molar-refractivity contribution in [3.63, 3.8) is 0 Å². The van der Waals surface area contributed by atoms with Gasteiger partial charge in [0.05, 0.1) is 30.0 Å². The summed E-state index contributed by atoms with van der Waals surface area (Å²) in [5.74, 6) is -0.131. The lowest BCUT2D eigenvalue weighted by molar-refractivity contribution is -0.133. The molecule has 0 bridgehead atoms. The maximum Gasteiger partial charge on any atom is 0.241 e. The Morgan fingerprint density at radius 3 is 2.55 bits per heavy atom. The lowest BCUT2D eigenvalue weighted by Crippen LogP contribution is -2.40. The topological polar surface area (TPSA) is 90.3 Å². The molecule has 0 radical (unpaired) electrons. The average Bonchev–Trinajstić information content (AvgIpc) is 2.69. The maximum absolute atomic E-state index is 13.0. The van der Waals surface area contributed by atoms with Crippen LogP contribution >= 0.6 is 23.2 Å². The highest BCUT2D eigenvalue weighted by Gasteiger charge is 2.31. The Labute approximate surface area is 180 Å². The van der Waals surface area contributed by atoms with Gasteiger partial charge in [-0.15, -0.1) is 0 Å². The second-order valence-electron chi connectivity index (χ2n) is 6.70. The quantitative estimate of drug-likeness (QED) is 0.704. The highest BCUT2D eigenvalue weighted by atomic mass is 35.5. The van der Waals surface area contributed by atoms with Gasteiger partial charge in [-0.1, -0.05) is 41.4 Å². The van der Waals surface area contributed by atoms with Crippen LogP contribution in [-0.4, -0.2) is 32.3 Å². The average molecular weight is 452 g/mol. The molecule has 3 rings (SSSR count). The van der Waals surface area contributed by atoms with Crippen molar-refractivity contribution in [3.8, 4) is 6.07 Å². The van der Waals surface area contributed by atoms with Gasteiger partial charge in [0.2, 0.25) is 15.9 Å². The van der Waals surface area contributed by atoms with Gasteiger partial charge in [0, 0.05) is 16.6 Å². The lowest BCUT2D eigenvalue weighted by Gasteiger charge is -2.36. The summed E-state index contributed by atoms with van der Waals surface area (Å²) in [5.41, 5.74) is 2.02. The number of nitriles is 1. The lowest BCUT2D eigenvalue weighted by atomic mass is 9.93. The molecule has 9 heteroatoms. The maximum atomic E-state index is 13.0. The number of nitrogens with one attached hydrogen (secondary N) is 1. The Hall–Kier alpha value is -2.11. The van der Waals surface area contributed by atoms with Crippen LogP contribution in [0.1, 0.15) is 29.7 Å². The van der Waals surface area contributed by atoms with Crippen LogP contribution in [0.5, 0.6) is 0 Å². The number of sulfonamides is 1. The first-order valence-electron chi connectivity index (χ1n) is 8.97. The van der Waals surface area contributed by atoms with E-state index >= 15 is 0 Å². The van der Waals surface area contributed by atoms with Crippen molar-refractivity contribution < 1.29 is 13.2 Å². The molecule has 152 valence electrons. The number of nitrogens with zero attached hydrogens (tertiary/aromatic N) is 2. The minimum absolute atomic E-state index is 0.0693. The summed E-state index contributed by atoms with van der Waals surface area (Å²) in [6.45, 7) is 1.94. The summed E-state index contributed by atoms with van der Waals surface area (Å²) in [5, 5.41) is 9.55. The highest BCUT2D eigenvalue weighted by molar-refractivity contribution is 7.89. The molecule has 0 aromatic heterocycles. The molecule has 0 spiro atoms. The Bertz CT molecular complexity index is 1080. The first kappa shape index (κ1) is 21.6. The van der Waals surface area contributed by atoms with Crippen LogP contribution in [-0.2, 0) is 27.7 Å². The second-order valence-corrected chi connectivity index (χ2v) is 9.25. The van der Waals surface area contributed by atoms with Crippen LogP contribution < -0.4 is 4.72 Å². The number of hydrogen-bond acceptors (Lipinski definition) is 4. The van der Waals surface area contributed by atoms with Crippen LogP contribution in [0, 0.1) is 11.3 Å². The van der Waals surface area contributed by atoms with Crippen molar-refractivity contribution >= 4 is 39.1 Å². The molecule has 1 aliphatic rings. The van der Waals surface area contributed by atoms with E-state index in [1.54, 1.807) is 35.2 Å². The van der Waals surface area contributed by atoms with E-state index in [2.05, 4.69) is 4.72 Å². The predicted molar refractivity (Wildman–Crippen MR) is 111 cm³/mol. The fourth-order valence-electron chi connectivity index (χ4n) is 3.59. The molecule has 1 unspecified atom stereocenters. The minimum atomic E-state index is -3.80. The van der Waals surface area contributed by atoms with Crippen molar-refractivity contribution in [1.82, 2.24) is 9.62 Å². The first-order valence-corrected chi connectivity index (χ1v) is 11.2. The van der Waals surface area contributed by atoms with E-state index in [1.807, 2.05) is 13.0 Å². The van der Waals surface area contributed by atoms with Gasteiger partial charge in [0.1, 0.15) is 0 Å². The normalized spacial score (nSPS) is 16.2. The van der Waals surface area contributed by atoms with Gasteiger partial charge in [-0.2, -0.15) is 9.98 Å². The first-order chi connectivity index (χ1) is 13.8. The Morgan fingerprint density at radius 2 is 1.90 bits per heavy atom. The van der Waals surface area contributed by atoms with Crippen molar-refractivity contribution in [3.05, 3.63) is 63.1 Å². The van der Waals surface area contributed by atoms with Gasteiger partial charge in [-0.3, -0.25) is 4.79 Å². The molecular weight excluding hydrogens is 433 g/mol. The van der Waals surface area contributed by atoms with Crippen LogP contribution in [0.25, 0.3) is 0 Å². The molecule has 0 saturated heterocycles. The standard InChI is InChI=1S/C20H19Cl2N3O3S/c1-13-14-4-2-7-19(29(27,28)24-10-9-23)15(14)8-11-25(13)20(26)12-16-17(21)5-3-6-18(16)22/h2-7,13,24H,8,10-12H2,1H3. The molecule has 1 amide bonds. The summed E-state index contributed by atoms with van der Waals surface area (Å²) < 4.78 is 27.3. The Morgan fingerprint density at radius 1 is 1.24 bits per heavy atom. The van der Waals surface area contributed by atoms with Gasteiger partial charge in [-0.25, -0.2) is 8.42 Å². The third-order valence-electron chi connectivity index (χ3n) is 5.03. The van der Waals surface area contributed by atoms with Crippen molar-refractivity contribution in [2.24, 2.45) is 0 Å². The van der Waals surface area contributed by atoms with Gasteiger partial charge >= 0.3 is 0 Å². The zero-order chi connectivity index (χ0) is 21.2. The van der Waals surface area contributed by atoms with Crippen molar-refractivity contribution in [1.29, 1.82) is 5.26 Å². The number of hydrogen-bond donors (Lipinski definition) is 1. The van der Waals surface area contributed by atoms with E-state index in [1.165, 1.54) is 6.07 Å². The minimum Gasteiger partial charge on any atom is -0.335 e. The molecule has 1 heterocycles. The van der Waals surface area contributed by atoms with E-state index in [0.717, 1.165) is 5.56 Å². The third kappa shape index (κ3) is 4.41. The fraction of sp³-hybridized carbons (Fsp3) is 0.300. The van der Waals surface area contributed by atoms with Crippen LogP contribution in [0.2, 0.25) is 10.0 Å². The molecule has 2 aromatic carbocycles. The highest BCUT2D eigenvalue weighted by Crippen LogP contribution is 2.34. The molecule has 0 saturated carbocycles.